The van der Waals surface area contributed by atoms with Crippen LogP contribution in [0.5, 0.6) is 0 Å². The second-order valence-electron chi connectivity index (χ2n) is 6.88. The number of piperidine rings is 1. The molecule has 0 spiro atoms. The van der Waals surface area contributed by atoms with E-state index >= 15 is 0 Å². The van der Waals surface area contributed by atoms with Crippen molar-refractivity contribution in [3.63, 3.8) is 0 Å². The van der Waals surface area contributed by atoms with Gasteiger partial charge in [-0.05, 0) is 45.1 Å². The number of nitrogens with one attached hydrogen (secondary N) is 1. The fraction of sp³-hybridized carbons (Fsp3) is 0.933. The number of likely N-dealkylation sites (tertiary alicyclic amines) is 1. The Labute approximate surface area is 112 Å². The van der Waals surface area contributed by atoms with E-state index in [9.17, 15) is 4.79 Å². The molecule has 0 bridgehead atoms. The summed E-state index contributed by atoms with van der Waals surface area (Å²) in [6.07, 6.45) is 3.25. The molecule has 1 rings (SSSR count). The molecule has 1 fully saturated rings. The molecule has 0 aromatic heterocycles. The highest BCUT2D eigenvalue weighted by Gasteiger charge is 2.30. The molecule has 0 radical (unpaired) electrons. The molecule has 106 valence electrons. The summed E-state index contributed by atoms with van der Waals surface area (Å²) in [5, 5.41) is 3.09. The fourth-order valence-electron chi connectivity index (χ4n) is 2.61. The quantitative estimate of drug-likeness (QED) is 0.818. The molecule has 3 heteroatoms. The van der Waals surface area contributed by atoms with Gasteiger partial charge in [0.05, 0.1) is 0 Å². The number of nitrogens with zero attached hydrogens (tertiary/aromatic N) is 1. The van der Waals surface area contributed by atoms with Crippen molar-refractivity contribution >= 4 is 5.91 Å². The monoisotopic (exact) mass is 254 g/mol. The zero-order valence-corrected chi connectivity index (χ0v) is 12.8. The minimum atomic E-state index is 0.0708. The molecule has 18 heavy (non-hydrogen) atoms. The molecule has 0 saturated carbocycles. The zero-order valence-electron chi connectivity index (χ0n) is 12.8. The third-order valence-corrected chi connectivity index (χ3v) is 3.82. The molecule has 1 saturated heterocycles. The van der Waals surface area contributed by atoms with Crippen LogP contribution in [0.15, 0.2) is 0 Å². The van der Waals surface area contributed by atoms with E-state index in [1.165, 1.54) is 12.8 Å². The number of hydrogen-bond acceptors (Lipinski definition) is 2. The number of hydrogen-bond donors (Lipinski definition) is 1. The summed E-state index contributed by atoms with van der Waals surface area (Å²) >= 11 is 0. The van der Waals surface area contributed by atoms with E-state index in [4.69, 9.17) is 0 Å². The van der Waals surface area contributed by atoms with E-state index in [1.807, 2.05) is 0 Å². The maximum atomic E-state index is 11.7. The summed E-state index contributed by atoms with van der Waals surface area (Å²) in [6.45, 7) is 14.0. The Morgan fingerprint density at radius 2 is 2.11 bits per heavy atom. The van der Waals surface area contributed by atoms with Crippen LogP contribution < -0.4 is 5.32 Å². The molecule has 1 unspecified atom stereocenters. The normalized spacial score (nSPS) is 22.2. The van der Waals surface area contributed by atoms with Gasteiger partial charge in [-0.2, -0.15) is 0 Å². The van der Waals surface area contributed by atoms with Gasteiger partial charge in [-0.15, -0.1) is 0 Å². The average molecular weight is 254 g/mol. The standard InChI is InChI=1S/C15H30N2O/c1-12(2)9-14(18)16-11-15(4,5)17-8-6-7-13(3)10-17/h12-13H,6-11H2,1-5H3,(H,16,18). The van der Waals surface area contributed by atoms with Crippen LogP contribution >= 0.6 is 0 Å². The SMILES string of the molecule is CC(C)CC(=O)NCC(C)(C)N1CCCC(C)C1. The van der Waals surface area contributed by atoms with Gasteiger partial charge < -0.3 is 5.32 Å². The van der Waals surface area contributed by atoms with Crippen LogP contribution in [0.1, 0.15) is 53.9 Å². The highest BCUT2D eigenvalue weighted by molar-refractivity contribution is 5.76. The molecule has 1 N–H and O–H groups in total. The predicted molar refractivity (Wildman–Crippen MR) is 76.5 cm³/mol. The lowest BCUT2D eigenvalue weighted by Crippen LogP contribution is -2.54. The molecular weight excluding hydrogens is 224 g/mol. The first-order valence-corrected chi connectivity index (χ1v) is 7.33. The van der Waals surface area contributed by atoms with E-state index in [-0.39, 0.29) is 11.4 Å². The lowest BCUT2D eigenvalue weighted by molar-refractivity contribution is -0.122. The molecule has 1 heterocycles. The molecule has 0 aromatic rings. The molecule has 1 amide bonds. The van der Waals surface area contributed by atoms with E-state index in [2.05, 4.69) is 44.8 Å². The molecule has 0 aliphatic carbocycles. The van der Waals surface area contributed by atoms with Gasteiger partial charge in [0.15, 0.2) is 0 Å². The lowest BCUT2D eigenvalue weighted by atomic mass is 9.93. The number of carbonyl (C=O) groups is 1. The summed E-state index contributed by atoms with van der Waals surface area (Å²) in [4.78, 5) is 14.2. The summed E-state index contributed by atoms with van der Waals surface area (Å²) in [7, 11) is 0. The van der Waals surface area contributed by atoms with Crippen LogP contribution in [0, 0.1) is 11.8 Å². The van der Waals surface area contributed by atoms with E-state index < -0.39 is 0 Å². The lowest BCUT2D eigenvalue weighted by Gasteiger charge is -2.43. The van der Waals surface area contributed by atoms with Crippen molar-refractivity contribution in [3.05, 3.63) is 0 Å². The topological polar surface area (TPSA) is 32.3 Å². The molecular formula is C15H30N2O. The number of carbonyl (C=O) groups excluding carboxylic acids is 1. The highest BCUT2D eigenvalue weighted by Crippen LogP contribution is 2.23. The van der Waals surface area contributed by atoms with Crippen LogP contribution in [0.4, 0.5) is 0 Å². The van der Waals surface area contributed by atoms with Gasteiger partial charge >= 0.3 is 0 Å². The third kappa shape index (κ3) is 4.97. The zero-order chi connectivity index (χ0) is 13.8. The second-order valence-corrected chi connectivity index (χ2v) is 6.88. The van der Waals surface area contributed by atoms with Crippen molar-refractivity contribution in [2.75, 3.05) is 19.6 Å². The van der Waals surface area contributed by atoms with Crippen LogP contribution in [0.2, 0.25) is 0 Å². The summed E-state index contributed by atoms with van der Waals surface area (Å²) in [5.41, 5.74) is 0.0708. The van der Waals surface area contributed by atoms with Crippen LogP contribution in [0.25, 0.3) is 0 Å². The number of amides is 1. The van der Waals surface area contributed by atoms with E-state index in [1.54, 1.807) is 0 Å². The Morgan fingerprint density at radius 3 is 2.67 bits per heavy atom. The molecule has 1 atom stereocenters. The maximum absolute atomic E-state index is 11.7. The van der Waals surface area contributed by atoms with Crippen LogP contribution in [-0.2, 0) is 4.79 Å². The number of rotatable bonds is 5. The van der Waals surface area contributed by atoms with Gasteiger partial charge in [-0.25, -0.2) is 0 Å². The smallest absolute Gasteiger partial charge is 0.220 e. The maximum Gasteiger partial charge on any atom is 0.220 e. The first-order chi connectivity index (χ1) is 8.31. The highest BCUT2D eigenvalue weighted by atomic mass is 16.1. The van der Waals surface area contributed by atoms with Crippen molar-refractivity contribution in [3.8, 4) is 0 Å². The van der Waals surface area contributed by atoms with E-state index in [0.717, 1.165) is 25.6 Å². The first kappa shape index (κ1) is 15.5. The van der Waals surface area contributed by atoms with Crippen molar-refractivity contribution in [2.45, 2.75) is 59.4 Å². The Hall–Kier alpha value is -0.570. The average Bonchev–Trinajstić information content (AvgIpc) is 2.26. The van der Waals surface area contributed by atoms with Crippen molar-refractivity contribution in [1.82, 2.24) is 10.2 Å². The Bertz CT molecular complexity index is 274. The summed E-state index contributed by atoms with van der Waals surface area (Å²) in [5.74, 6) is 1.40. The van der Waals surface area contributed by atoms with Crippen molar-refractivity contribution in [2.24, 2.45) is 11.8 Å². The van der Waals surface area contributed by atoms with Gasteiger partial charge in [0.2, 0.25) is 5.91 Å². The van der Waals surface area contributed by atoms with Crippen LogP contribution in [0.3, 0.4) is 0 Å². The van der Waals surface area contributed by atoms with Gasteiger partial charge in [0.25, 0.3) is 0 Å². The third-order valence-electron chi connectivity index (χ3n) is 3.82. The van der Waals surface area contributed by atoms with Crippen molar-refractivity contribution in [1.29, 1.82) is 0 Å². The molecule has 0 aromatic carbocycles. The molecule has 1 aliphatic rings. The first-order valence-electron chi connectivity index (χ1n) is 7.33. The van der Waals surface area contributed by atoms with E-state index in [0.29, 0.717) is 12.3 Å². The summed E-state index contributed by atoms with van der Waals surface area (Å²) in [6, 6.07) is 0. The molecule has 1 aliphatic heterocycles. The Kier molecular flexibility index (Phi) is 5.64. The molecule has 3 nitrogen and oxygen atoms in total. The van der Waals surface area contributed by atoms with Crippen molar-refractivity contribution < 1.29 is 4.79 Å². The summed E-state index contributed by atoms with van der Waals surface area (Å²) < 4.78 is 0. The Balaban J connectivity index is 2.41. The second kappa shape index (κ2) is 6.55. The largest absolute Gasteiger partial charge is 0.354 e. The fourth-order valence-corrected chi connectivity index (χ4v) is 2.61. The van der Waals surface area contributed by atoms with Crippen LogP contribution in [-0.4, -0.2) is 36.0 Å². The van der Waals surface area contributed by atoms with Gasteiger partial charge in [0.1, 0.15) is 0 Å². The Morgan fingerprint density at radius 1 is 1.44 bits per heavy atom. The van der Waals surface area contributed by atoms with Gasteiger partial charge in [-0.1, -0.05) is 20.8 Å². The minimum absolute atomic E-state index is 0.0708. The predicted octanol–water partition coefficient (Wildman–Crippen LogP) is 2.66. The van der Waals surface area contributed by atoms with Gasteiger partial charge in [-0.3, -0.25) is 9.69 Å². The van der Waals surface area contributed by atoms with Gasteiger partial charge in [0, 0.05) is 25.0 Å². The minimum Gasteiger partial charge on any atom is -0.354 e.